The number of carbonyl (C=O) groups excluding carboxylic acids is 1. The molecule has 0 saturated heterocycles. The lowest BCUT2D eigenvalue weighted by Crippen LogP contribution is -2.40. The highest BCUT2D eigenvalue weighted by Crippen LogP contribution is 2.31. The molecule has 2 unspecified atom stereocenters. The van der Waals surface area contributed by atoms with Crippen LogP contribution in [-0.4, -0.2) is 17.5 Å². The summed E-state index contributed by atoms with van der Waals surface area (Å²) in [7, 11) is 0. The highest BCUT2D eigenvalue weighted by molar-refractivity contribution is 7.80. The second kappa shape index (κ2) is 6.02. The van der Waals surface area contributed by atoms with Gasteiger partial charge in [0.1, 0.15) is 5.75 Å². The zero-order chi connectivity index (χ0) is 13.8. The first-order chi connectivity index (χ1) is 9.13. The van der Waals surface area contributed by atoms with Gasteiger partial charge < -0.3 is 15.8 Å². The van der Waals surface area contributed by atoms with Crippen molar-refractivity contribution < 1.29 is 9.53 Å². The third-order valence-corrected chi connectivity index (χ3v) is 3.63. The van der Waals surface area contributed by atoms with Crippen LogP contribution in [0.5, 0.6) is 5.75 Å². The summed E-state index contributed by atoms with van der Waals surface area (Å²) in [6, 6.07) is 7.73. The smallest absolute Gasteiger partial charge is 0.230 e. The largest absolute Gasteiger partial charge is 0.493 e. The summed E-state index contributed by atoms with van der Waals surface area (Å²) in [6.45, 7) is 2.51. The third-order valence-electron chi connectivity index (χ3n) is 3.34. The lowest BCUT2D eigenvalue weighted by atomic mass is 9.98. The van der Waals surface area contributed by atoms with Crippen LogP contribution in [0.4, 0.5) is 0 Å². The molecule has 4 nitrogen and oxygen atoms in total. The molecule has 0 aromatic heterocycles. The van der Waals surface area contributed by atoms with Gasteiger partial charge in [0.05, 0.1) is 23.6 Å². The van der Waals surface area contributed by atoms with Crippen molar-refractivity contribution in [2.75, 3.05) is 6.61 Å². The minimum Gasteiger partial charge on any atom is -0.493 e. The number of para-hydroxylation sites is 1. The molecule has 1 aromatic carbocycles. The summed E-state index contributed by atoms with van der Waals surface area (Å²) in [5.41, 5.74) is 6.61. The molecule has 0 fully saturated rings. The summed E-state index contributed by atoms with van der Waals surface area (Å²) in [5.74, 6) is 0.337. The van der Waals surface area contributed by atoms with E-state index in [1.54, 1.807) is 0 Å². The topological polar surface area (TPSA) is 64.3 Å². The number of thiocarbonyl (C=S) groups is 1. The highest BCUT2D eigenvalue weighted by Gasteiger charge is 2.26. The number of benzene rings is 1. The molecule has 3 N–H and O–H groups in total. The number of nitrogens with two attached hydrogens (primary N) is 1. The molecule has 1 aliphatic rings. The maximum absolute atomic E-state index is 12.2. The molecule has 1 amide bonds. The first-order valence-corrected chi connectivity index (χ1v) is 6.85. The first-order valence-electron chi connectivity index (χ1n) is 6.45. The molecule has 2 rings (SSSR count). The van der Waals surface area contributed by atoms with E-state index in [0.29, 0.717) is 13.0 Å². The van der Waals surface area contributed by atoms with Gasteiger partial charge in [-0.2, -0.15) is 0 Å². The fourth-order valence-electron chi connectivity index (χ4n) is 2.28. The van der Waals surface area contributed by atoms with Crippen molar-refractivity contribution in [2.24, 2.45) is 11.7 Å². The molecule has 2 atom stereocenters. The standard InChI is InChI=1S/C14H18N2O2S/c1-2-9(13(15)19)14(17)16-11-7-8-18-12-6-4-3-5-10(11)12/h3-6,9,11H,2,7-8H2,1H3,(H2,15,19)(H,16,17). The molecule has 0 radical (unpaired) electrons. The van der Waals surface area contributed by atoms with Crippen LogP contribution in [0.25, 0.3) is 0 Å². The van der Waals surface area contributed by atoms with Gasteiger partial charge in [0, 0.05) is 12.0 Å². The lowest BCUT2D eigenvalue weighted by molar-refractivity contribution is -0.124. The maximum atomic E-state index is 12.2. The van der Waals surface area contributed by atoms with Crippen molar-refractivity contribution in [3.05, 3.63) is 29.8 Å². The molecule has 0 spiro atoms. The van der Waals surface area contributed by atoms with E-state index in [-0.39, 0.29) is 16.9 Å². The highest BCUT2D eigenvalue weighted by atomic mass is 32.1. The van der Waals surface area contributed by atoms with Crippen LogP contribution < -0.4 is 15.8 Å². The van der Waals surface area contributed by atoms with Gasteiger partial charge in [-0.3, -0.25) is 4.79 Å². The molecule has 1 heterocycles. The van der Waals surface area contributed by atoms with Crippen LogP contribution in [0.2, 0.25) is 0 Å². The van der Waals surface area contributed by atoms with Crippen molar-refractivity contribution in [1.82, 2.24) is 5.32 Å². The molecule has 5 heteroatoms. The molecule has 1 aliphatic heterocycles. The normalized spacial score (nSPS) is 18.9. The van der Waals surface area contributed by atoms with Gasteiger partial charge in [-0.25, -0.2) is 0 Å². The number of ether oxygens (including phenoxy) is 1. The summed E-state index contributed by atoms with van der Waals surface area (Å²) in [5, 5.41) is 3.02. The Kier molecular flexibility index (Phi) is 4.37. The van der Waals surface area contributed by atoms with Crippen LogP contribution in [0.3, 0.4) is 0 Å². The van der Waals surface area contributed by atoms with Crippen LogP contribution in [0, 0.1) is 5.92 Å². The van der Waals surface area contributed by atoms with E-state index in [1.165, 1.54) is 0 Å². The lowest BCUT2D eigenvalue weighted by Gasteiger charge is -2.27. The average Bonchev–Trinajstić information content (AvgIpc) is 2.39. The van der Waals surface area contributed by atoms with Gasteiger partial charge in [0.15, 0.2) is 0 Å². The molecule has 0 aliphatic carbocycles. The molecular weight excluding hydrogens is 260 g/mol. The number of fused-ring (bicyclic) bond motifs is 1. The molecule has 0 saturated carbocycles. The number of hydrogen-bond donors (Lipinski definition) is 2. The SMILES string of the molecule is CCC(C(=O)NC1CCOc2ccccc21)C(N)=S. The number of carbonyl (C=O) groups is 1. The summed E-state index contributed by atoms with van der Waals surface area (Å²) >= 11 is 4.93. The Balaban J connectivity index is 2.12. The van der Waals surface area contributed by atoms with Gasteiger partial charge in [-0.05, 0) is 12.5 Å². The number of amides is 1. The Hall–Kier alpha value is -1.62. The molecule has 0 bridgehead atoms. The first kappa shape index (κ1) is 13.8. The van der Waals surface area contributed by atoms with Gasteiger partial charge in [0.25, 0.3) is 0 Å². The van der Waals surface area contributed by atoms with E-state index >= 15 is 0 Å². The van der Waals surface area contributed by atoms with Gasteiger partial charge >= 0.3 is 0 Å². The average molecular weight is 278 g/mol. The van der Waals surface area contributed by atoms with Gasteiger partial charge in [-0.15, -0.1) is 0 Å². The summed E-state index contributed by atoms with van der Waals surface area (Å²) in [6.07, 6.45) is 1.38. The zero-order valence-electron chi connectivity index (χ0n) is 10.9. The van der Waals surface area contributed by atoms with E-state index in [0.717, 1.165) is 17.7 Å². The van der Waals surface area contributed by atoms with Crippen molar-refractivity contribution in [3.63, 3.8) is 0 Å². The molecule has 1 aromatic rings. The molecular formula is C14H18N2O2S. The predicted molar refractivity (Wildman–Crippen MR) is 78.0 cm³/mol. The minimum absolute atomic E-state index is 0.0270. The Morgan fingerprint density at radius 2 is 2.32 bits per heavy atom. The fraction of sp³-hybridized carbons (Fsp3) is 0.429. The zero-order valence-corrected chi connectivity index (χ0v) is 11.7. The van der Waals surface area contributed by atoms with Crippen molar-refractivity contribution in [3.8, 4) is 5.75 Å². The fourth-order valence-corrected chi connectivity index (χ4v) is 2.55. The van der Waals surface area contributed by atoms with E-state index in [2.05, 4.69) is 5.32 Å². The van der Waals surface area contributed by atoms with E-state index in [4.69, 9.17) is 22.7 Å². The monoisotopic (exact) mass is 278 g/mol. The Bertz CT molecular complexity index is 490. The van der Waals surface area contributed by atoms with Gasteiger partial charge in [-0.1, -0.05) is 37.3 Å². The Morgan fingerprint density at radius 3 is 3.00 bits per heavy atom. The van der Waals surface area contributed by atoms with Crippen LogP contribution >= 0.6 is 12.2 Å². The number of nitrogens with one attached hydrogen (secondary N) is 1. The van der Waals surface area contributed by atoms with Gasteiger partial charge in [0.2, 0.25) is 5.91 Å². The Labute approximate surface area is 118 Å². The molecule has 19 heavy (non-hydrogen) atoms. The van der Waals surface area contributed by atoms with E-state index in [9.17, 15) is 4.79 Å². The quantitative estimate of drug-likeness (QED) is 0.826. The number of hydrogen-bond acceptors (Lipinski definition) is 3. The van der Waals surface area contributed by atoms with E-state index < -0.39 is 5.92 Å². The second-order valence-corrected chi connectivity index (χ2v) is 5.07. The van der Waals surface area contributed by atoms with Crippen LogP contribution in [-0.2, 0) is 4.79 Å². The van der Waals surface area contributed by atoms with Crippen molar-refractivity contribution >= 4 is 23.1 Å². The van der Waals surface area contributed by atoms with E-state index in [1.807, 2.05) is 31.2 Å². The van der Waals surface area contributed by atoms with Crippen LogP contribution in [0.1, 0.15) is 31.4 Å². The van der Waals surface area contributed by atoms with Crippen molar-refractivity contribution in [1.29, 1.82) is 0 Å². The minimum atomic E-state index is -0.398. The second-order valence-electron chi connectivity index (χ2n) is 4.60. The van der Waals surface area contributed by atoms with Crippen LogP contribution in [0.15, 0.2) is 24.3 Å². The Morgan fingerprint density at radius 1 is 1.58 bits per heavy atom. The third kappa shape index (κ3) is 3.04. The van der Waals surface area contributed by atoms with Crippen molar-refractivity contribution in [2.45, 2.75) is 25.8 Å². The number of rotatable bonds is 4. The summed E-state index contributed by atoms with van der Waals surface area (Å²) < 4.78 is 5.57. The maximum Gasteiger partial charge on any atom is 0.230 e. The predicted octanol–water partition coefficient (Wildman–Crippen LogP) is 1.94. The summed E-state index contributed by atoms with van der Waals surface area (Å²) in [4.78, 5) is 12.4. The molecule has 102 valence electrons.